The summed E-state index contributed by atoms with van der Waals surface area (Å²) in [5, 5.41) is 3.51. The van der Waals surface area contributed by atoms with Gasteiger partial charge in [-0.25, -0.2) is 4.98 Å². The van der Waals surface area contributed by atoms with Crippen LogP contribution in [0.15, 0.2) is 18.2 Å². The van der Waals surface area contributed by atoms with Crippen LogP contribution in [0.4, 0.5) is 19.0 Å². The summed E-state index contributed by atoms with van der Waals surface area (Å²) < 4.78 is 38.3. The summed E-state index contributed by atoms with van der Waals surface area (Å²) in [5.41, 5.74) is -0.805. The maximum absolute atomic E-state index is 12.8. The van der Waals surface area contributed by atoms with Crippen LogP contribution < -0.4 is 10.2 Å². The highest BCUT2D eigenvalue weighted by Crippen LogP contribution is 2.31. The maximum Gasteiger partial charge on any atom is 0.433 e. The van der Waals surface area contributed by atoms with Crippen LogP contribution in [-0.4, -0.2) is 30.7 Å². The number of pyridine rings is 1. The Morgan fingerprint density at radius 1 is 1.19 bits per heavy atom. The van der Waals surface area contributed by atoms with Crippen LogP contribution >= 0.6 is 0 Å². The standard InChI is InChI=1S/C15H20F3N3/c16-15(17,18)13-6-1-7-14(20-13)21-9-3-4-11(10-21)12-5-2-8-19-12/h1,6-7,11-12,19H,2-5,8-10H2. The lowest BCUT2D eigenvalue weighted by molar-refractivity contribution is -0.141. The maximum atomic E-state index is 12.8. The van der Waals surface area contributed by atoms with Crippen molar-refractivity contribution in [3.8, 4) is 0 Å². The van der Waals surface area contributed by atoms with E-state index < -0.39 is 11.9 Å². The minimum absolute atomic E-state index is 0.451. The van der Waals surface area contributed by atoms with Crippen molar-refractivity contribution in [1.29, 1.82) is 0 Å². The molecule has 116 valence electrons. The topological polar surface area (TPSA) is 28.2 Å². The normalized spacial score (nSPS) is 27.1. The second-order valence-corrected chi connectivity index (χ2v) is 5.93. The fourth-order valence-electron chi connectivity index (χ4n) is 3.42. The zero-order chi connectivity index (χ0) is 14.9. The molecule has 2 unspecified atom stereocenters. The van der Waals surface area contributed by atoms with E-state index in [9.17, 15) is 13.2 Å². The van der Waals surface area contributed by atoms with E-state index in [4.69, 9.17) is 0 Å². The third-order valence-electron chi connectivity index (χ3n) is 4.47. The Labute approximate surface area is 122 Å². The van der Waals surface area contributed by atoms with Gasteiger partial charge in [-0.2, -0.15) is 13.2 Å². The summed E-state index contributed by atoms with van der Waals surface area (Å²) in [4.78, 5) is 5.81. The van der Waals surface area contributed by atoms with Gasteiger partial charge in [0.15, 0.2) is 0 Å². The first kappa shape index (κ1) is 14.6. The summed E-state index contributed by atoms with van der Waals surface area (Å²) in [6.45, 7) is 2.65. The van der Waals surface area contributed by atoms with Gasteiger partial charge in [0.25, 0.3) is 0 Å². The summed E-state index contributed by atoms with van der Waals surface area (Å²) >= 11 is 0. The van der Waals surface area contributed by atoms with Crippen molar-refractivity contribution in [3.05, 3.63) is 23.9 Å². The van der Waals surface area contributed by atoms with Crippen molar-refractivity contribution < 1.29 is 13.2 Å². The van der Waals surface area contributed by atoms with Gasteiger partial charge in [-0.3, -0.25) is 0 Å². The van der Waals surface area contributed by atoms with Crippen LogP contribution in [0.5, 0.6) is 0 Å². The van der Waals surface area contributed by atoms with Gasteiger partial charge in [-0.15, -0.1) is 0 Å². The van der Waals surface area contributed by atoms with E-state index in [1.165, 1.54) is 18.9 Å². The Morgan fingerprint density at radius 3 is 2.76 bits per heavy atom. The van der Waals surface area contributed by atoms with Crippen LogP contribution in [-0.2, 0) is 6.18 Å². The third-order valence-corrected chi connectivity index (χ3v) is 4.47. The molecule has 1 N–H and O–H groups in total. The van der Waals surface area contributed by atoms with Gasteiger partial charge < -0.3 is 10.2 Å². The SMILES string of the molecule is FC(F)(F)c1cccc(N2CCCC(C3CCCN3)C2)n1. The van der Waals surface area contributed by atoms with Crippen molar-refractivity contribution in [2.45, 2.75) is 37.9 Å². The Morgan fingerprint density at radius 2 is 2.05 bits per heavy atom. The molecule has 0 amide bonds. The Balaban J connectivity index is 1.74. The van der Waals surface area contributed by atoms with Crippen molar-refractivity contribution >= 4 is 5.82 Å². The van der Waals surface area contributed by atoms with Crippen molar-refractivity contribution in [1.82, 2.24) is 10.3 Å². The second-order valence-electron chi connectivity index (χ2n) is 5.93. The number of alkyl halides is 3. The zero-order valence-electron chi connectivity index (χ0n) is 11.9. The smallest absolute Gasteiger partial charge is 0.356 e. The molecule has 1 aromatic rings. The molecule has 0 spiro atoms. The molecule has 3 rings (SSSR count). The molecule has 1 aromatic heterocycles. The van der Waals surface area contributed by atoms with Crippen molar-refractivity contribution in [2.24, 2.45) is 5.92 Å². The van der Waals surface area contributed by atoms with Crippen LogP contribution in [0.1, 0.15) is 31.4 Å². The molecular weight excluding hydrogens is 279 g/mol. The van der Waals surface area contributed by atoms with Crippen LogP contribution in [0, 0.1) is 5.92 Å². The van der Waals surface area contributed by atoms with E-state index in [1.54, 1.807) is 6.07 Å². The summed E-state index contributed by atoms with van der Waals surface area (Å²) in [7, 11) is 0. The molecule has 2 saturated heterocycles. The van der Waals surface area contributed by atoms with E-state index in [2.05, 4.69) is 10.3 Å². The molecule has 3 heterocycles. The Kier molecular flexibility index (Phi) is 4.06. The lowest BCUT2D eigenvalue weighted by Crippen LogP contribution is -2.44. The van der Waals surface area contributed by atoms with Crippen molar-refractivity contribution in [3.63, 3.8) is 0 Å². The Bertz CT molecular complexity index is 483. The van der Waals surface area contributed by atoms with Gasteiger partial charge in [0.2, 0.25) is 0 Å². The first-order valence-electron chi connectivity index (χ1n) is 7.56. The lowest BCUT2D eigenvalue weighted by Gasteiger charge is -2.36. The molecule has 0 bridgehead atoms. The molecule has 0 aromatic carbocycles. The van der Waals surface area contributed by atoms with Crippen LogP contribution in [0.3, 0.4) is 0 Å². The molecule has 0 aliphatic carbocycles. The third kappa shape index (κ3) is 3.31. The minimum Gasteiger partial charge on any atom is -0.356 e. The van der Waals surface area contributed by atoms with Gasteiger partial charge in [0.05, 0.1) is 0 Å². The fourth-order valence-corrected chi connectivity index (χ4v) is 3.42. The molecule has 0 saturated carbocycles. The summed E-state index contributed by atoms with van der Waals surface area (Å²) in [6.07, 6.45) is 0.156. The predicted molar refractivity (Wildman–Crippen MR) is 75.2 cm³/mol. The lowest BCUT2D eigenvalue weighted by atomic mass is 9.90. The largest absolute Gasteiger partial charge is 0.433 e. The number of hydrogen-bond donors (Lipinski definition) is 1. The van der Waals surface area contributed by atoms with E-state index in [0.717, 1.165) is 38.5 Å². The number of aromatic nitrogens is 1. The number of piperidine rings is 1. The van der Waals surface area contributed by atoms with E-state index in [-0.39, 0.29) is 0 Å². The molecule has 2 fully saturated rings. The van der Waals surface area contributed by atoms with Gasteiger partial charge in [0.1, 0.15) is 11.5 Å². The number of anilines is 1. The average Bonchev–Trinajstić information content (AvgIpc) is 3.01. The van der Waals surface area contributed by atoms with E-state index in [1.807, 2.05) is 4.90 Å². The minimum atomic E-state index is -4.38. The molecular formula is C15H20F3N3. The molecule has 3 nitrogen and oxygen atoms in total. The second kappa shape index (κ2) is 5.83. The fraction of sp³-hybridized carbons (Fsp3) is 0.667. The molecule has 2 atom stereocenters. The van der Waals surface area contributed by atoms with Crippen molar-refractivity contribution in [2.75, 3.05) is 24.5 Å². The summed E-state index contributed by atoms with van der Waals surface area (Å²) in [6, 6.07) is 4.67. The molecule has 21 heavy (non-hydrogen) atoms. The van der Waals surface area contributed by atoms with Gasteiger partial charge in [-0.1, -0.05) is 6.07 Å². The molecule has 6 heteroatoms. The first-order chi connectivity index (χ1) is 10.0. The highest BCUT2D eigenvalue weighted by atomic mass is 19.4. The number of hydrogen-bond acceptors (Lipinski definition) is 3. The average molecular weight is 299 g/mol. The monoisotopic (exact) mass is 299 g/mol. The van der Waals surface area contributed by atoms with E-state index >= 15 is 0 Å². The van der Waals surface area contributed by atoms with Crippen LogP contribution in [0.2, 0.25) is 0 Å². The zero-order valence-corrected chi connectivity index (χ0v) is 11.9. The van der Waals surface area contributed by atoms with Crippen LogP contribution in [0.25, 0.3) is 0 Å². The molecule has 2 aliphatic heterocycles. The number of rotatable bonds is 2. The highest BCUT2D eigenvalue weighted by molar-refractivity contribution is 5.40. The molecule has 2 aliphatic rings. The number of nitrogens with one attached hydrogen (secondary N) is 1. The number of nitrogens with zero attached hydrogens (tertiary/aromatic N) is 2. The van der Waals surface area contributed by atoms with Gasteiger partial charge in [0, 0.05) is 19.1 Å². The molecule has 0 radical (unpaired) electrons. The predicted octanol–water partition coefficient (Wildman–Crippen LogP) is 3.07. The summed E-state index contributed by atoms with van der Waals surface area (Å²) in [5.74, 6) is 0.963. The van der Waals surface area contributed by atoms with Gasteiger partial charge >= 0.3 is 6.18 Å². The number of halogens is 3. The first-order valence-corrected chi connectivity index (χ1v) is 7.56. The van der Waals surface area contributed by atoms with E-state index in [0.29, 0.717) is 17.8 Å². The van der Waals surface area contributed by atoms with Gasteiger partial charge in [-0.05, 0) is 50.3 Å². The quantitative estimate of drug-likeness (QED) is 0.909. The highest BCUT2D eigenvalue weighted by Gasteiger charge is 2.34. The Hall–Kier alpha value is -1.30.